The number of carbonyl (C=O) groups is 2. The third-order valence-electron chi connectivity index (χ3n) is 6.11. The maximum absolute atomic E-state index is 10.9. The van der Waals surface area contributed by atoms with Gasteiger partial charge < -0.3 is 29.9 Å². The lowest BCUT2D eigenvalue weighted by atomic mass is 10.0. The van der Waals surface area contributed by atoms with Crippen LogP contribution in [0, 0.1) is 0 Å². The van der Waals surface area contributed by atoms with Crippen molar-refractivity contribution in [3.63, 3.8) is 0 Å². The van der Waals surface area contributed by atoms with Gasteiger partial charge in [0, 0.05) is 12.1 Å². The van der Waals surface area contributed by atoms with Gasteiger partial charge in [-0.2, -0.15) is 0 Å². The van der Waals surface area contributed by atoms with E-state index in [0.717, 1.165) is 22.3 Å². The van der Waals surface area contributed by atoms with Gasteiger partial charge in [-0.05, 0) is 46.5 Å². The van der Waals surface area contributed by atoms with Gasteiger partial charge in [0.2, 0.25) is 0 Å². The summed E-state index contributed by atoms with van der Waals surface area (Å²) in [6.07, 6.45) is 0. The van der Waals surface area contributed by atoms with Crippen molar-refractivity contribution in [1.82, 2.24) is 0 Å². The highest BCUT2D eigenvalue weighted by Gasteiger charge is 2.11. The van der Waals surface area contributed by atoms with Crippen LogP contribution >= 0.6 is 0 Å². The Balaban J connectivity index is 0.000000201. The number of carboxylic acids is 2. The van der Waals surface area contributed by atoms with Gasteiger partial charge in [0.15, 0.2) is 0 Å². The van der Waals surface area contributed by atoms with Crippen LogP contribution in [0.3, 0.4) is 0 Å². The van der Waals surface area contributed by atoms with Crippen LogP contribution in [0.4, 0.5) is 0 Å². The largest absolute Gasteiger partial charge is 0.507 e. The van der Waals surface area contributed by atoms with Crippen molar-refractivity contribution < 1.29 is 39.5 Å². The third-order valence-corrected chi connectivity index (χ3v) is 6.11. The van der Waals surface area contributed by atoms with E-state index in [4.69, 9.17) is 19.7 Å². The predicted octanol–water partition coefficient (Wildman–Crippen LogP) is 7.01. The summed E-state index contributed by atoms with van der Waals surface area (Å²) in [5.41, 5.74) is 3.98. The smallest absolute Gasteiger partial charge is 0.339 e. The Kier molecular flexibility index (Phi) is 9.77. The zero-order valence-corrected chi connectivity index (χ0v) is 22.4. The third kappa shape index (κ3) is 8.12. The number of ether oxygens (including phenoxy) is 2. The van der Waals surface area contributed by atoms with Gasteiger partial charge in [-0.15, -0.1) is 0 Å². The molecule has 0 aliphatic rings. The fourth-order valence-electron chi connectivity index (χ4n) is 3.90. The molecular formula is C34H28O8. The summed E-state index contributed by atoms with van der Waals surface area (Å²) in [7, 11) is 0. The molecule has 0 unspecified atom stereocenters. The zero-order valence-electron chi connectivity index (χ0n) is 22.4. The first kappa shape index (κ1) is 29.2. The van der Waals surface area contributed by atoms with E-state index < -0.39 is 11.9 Å². The van der Waals surface area contributed by atoms with Crippen LogP contribution in [-0.2, 0) is 13.2 Å². The first-order chi connectivity index (χ1) is 20.3. The van der Waals surface area contributed by atoms with Crippen molar-refractivity contribution in [1.29, 1.82) is 0 Å². The summed E-state index contributed by atoms with van der Waals surface area (Å²) >= 11 is 0. The number of hydrogen-bond acceptors (Lipinski definition) is 6. The Morgan fingerprint density at radius 1 is 0.500 bits per heavy atom. The van der Waals surface area contributed by atoms with E-state index in [2.05, 4.69) is 12.1 Å². The Morgan fingerprint density at radius 2 is 0.905 bits per heavy atom. The highest BCUT2D eigenvalue weighted by atomic mass is 16.5. The molecule has 5 aromatic rings. The van der Waals surface area contributed by atoms with Crippen molar-refractivity contribution in [3.05, 3.63) is 144 Å². The van der Waals surface area contributed by atoms with E-state index >= 15 is 0 Å². The SMILES string of the molecule is O=C(O)c1ccc(OCc2ccc(-c3ccccc3)cc2)cc1O.O=C(O)c1ccc(OCc2ccccc2)cc1O. The molecule has 0 aromatic heterocycles. The Hall–Kier alpha value is -5.76. The molecule has 8 nitrogen and oxygen atoms in total. The summed E-state index contributed by atoms with van der Waals surface area (Å²) in [6.45, 7) is 0.702. The number of hydrogen-bond donors (Lipinski definition) is 4. The van der Waals surface area contributed by atoms with Gasteiger partial charge in [-0.25, -0.2) is 9.59 Å². The predicted molar refractivity (Wildman–Crippen MR) is 157 cm³/mol. The lowest BCUT2D eigenvalue weighted by Crippen LogP contribution is -1.99. The quantitative estimate of drug-likeness (QED) is 0.150. The van der Waals surface area contributed by atoms with E-state index in [-0.39, 0.29) is 22.6 Å². The number of rotatable bonds is 9. The van der Waals surface area contributed by atoms with Gasteiger partial charge in [0.05, 0.1) is 0 Å². The molecule has 0 atom stereocenters. The van der Waals surface area contributed by atoms with Crippen LogP contribution in [-0.4, -0.2) is 32.4 Å². The normalized spacial score (nSPS) is 10.2. The fourth-order valence-corrected chi connectivity index (χ4v) is 3.90. The molecule has 0 fully saturated rings. The van der Waals surface area contributed by atoms with Crippen LogP contribution < -0.4 is 9.47 Å². The van der Waals surface area contributed by atoms with E-state index in [1.807, 2.05) is 72.8 Å². The van der Waals surface area contributed by atoms with Crippen molar-refractivity contribution in [2.75, 3.05) is 0 Å². The fraction of sp³-hybridized carbons (Fsp3) is 0.0588. The molecule has 0 radical (unpaired) electrons. The molecule has 212 valence electrons. The highest BCUT2D eigenvalue weighted by Crippen LogP contribution is 2.26. The molecule has 5 aromatic carbocycles. The molecule has 0 aliphatic heterocycles. The minimum Gasteiger partial charge on any atom is -0.507 e. The lowest BCUT2D eigenvalue weighted by Gasteiger charge is -2.09. The Morgan fingerprint density at radius 3 is 1.33 bits per heavy atom. The van der Waals surface area contributed by atoms with Crippen LogP contribution in [0.25, 0.3) is 11.1 Å². The lowest BCUT2D eigenvalue weighted by molar-refractivity contribution is 0.0682. The molecule has 0 heterocycles. The second-order valence-electron chi connectivity index (χ2n) is 9.09. The van der Waals surface area contributed by atoms with Crippen molar-refractivity contribution >= 4 is 11.9 Å². The van der Waals surface area contributed by atoms with Crippen LogP contribution in [0.5, 0.6) is 23.0 Å². The Bertz CT molecular complexity index is 1630. The minimum atomic E-state index is -1.17. The molecule has 0 aliphatic carbocycles. The van der Waals surface area contributed by atoms with Gasteiger partial charge >= 0.3 is 11.9 Å². The van der Waals surface area contributed by atoms with Gasteiger partial charge in [0.1, 0.15) is 47.3 Å². The van der Waals surface area contributed by atoms with Gasteiger partial charge in [-0.1, -0.05) is 84.9 Å². The summed E-state index contributed by atoms with van der Waals surface area (Å²) < 4.78 is 11.1. The average Bonchev–Trinajstić information content (AvgIpc) is 3.00. The van der Waals surface area contributed by atoms with E-state index in [1.54, 1.807) is 0 Å². The number of aromatic carboxylic acids is 2. The molecule has 5 rings (SSSR count). The van der Waals surface area contributed by atoms with Crippen molar-refractivity contribution in [3.8, 4) is 34.1 Å². The maximum atomic E-state index is 10.9. The molecule has 0 saturated carbocycles. The van der Waals surface area contributed by atoms with E-state index in [1.165, 1.54) is 36.4 Å². The van der Waals surface area contributed by atoms with E-state index in [0.29, 0.717) is 24.7 Å². The van der Waals surface area contributed by atoms with Crippen molar-refractivity contribution in [2.45, 2.75) is 13.2 Å². The molecule has 0 spiro atoms. The first-order valence-corrected chi connectivity index (χ1v) is 12.9. The summed E-state index contributed by atoms with van der Waals surface area (Å²) in [4.78, 5) is 21.6. The summed E-state index contributed by atoms with van der Waals surface area (Å²) in [5.74, 6) is -2.09. The number of benzene rings is 5. The zero-order chi connectivity index (χ0) is 29.9. The van der Waals surface area contributed by atoms with E-state index in [9.17, 15) is 19.8 Å². The maximum Gasteiger partial charge on any atom is 0.339 e. The van der Waals surface area contributed by atoms with Crippen molar-refractivity contribution in [2.24, 2.45) is 0 Å². The molecule has 0 bridgehead atoms. The summed E-state index contributed by atoms with van der Waals surface area (Å²) in [6, 6.07) is 36.0. The molecule has 4 N–H and O–H groups in total. The monoisotopic (exact) mass is 564 g/mol. The van der Waals surface area contributed by atoms with Gasteiger partial charge in [0.25, 0.3) is 0 Å². The highest BCUT2D eigenvalue weighted by molar-refractivity contribution is 5.91. The average molecular weight is 565 g/mol. The molecular weight excluding hydrogens is 536 g/mol. The topological polar surface area (TPSA) is 134 Å². The molecule has 0 saturated heterocycles. The summed E-state index contributed by atoms with van der Waals surface area (Å²) in [5, 5.41) is 36.8. The number of phenols is 2. The molecule has 42 heavy (non-hydrogen) atoms. The molecule has 0 amide bonds. The van der Waals surface area contributed by atoms with Gasteiger partial charge in [-0.3, -0.25) is 0 Å². The second-order valence-corrected chi connectivity index (χ2v) is 9.09. The minimum absolute atomic E-state index is 0.137. The second kappa shape index (κ2) is 14.0. The van der Waals surface area contributed by atoms with Crippen LogP contribution in [0.15, 0.2) is 121 Å². The Labute approximate surface area is 242 Å². The number of aromatic hydroxyl groups is 2. The number of carboxylic acid groups (broad SMARTS) is 2. The molecule has 8 heteroatoms. The van der Waals surface area contributed by atoms with Crippen LogP contribution in [0.2, 0.25) is 0 Å². The standard InChI is InChI=1S/C20H16O4.C14H12O4/c21-19-12-17(10-11-18(19)20(22)23)24-13-14-6-8-16(9-7-14)15-4-2-1-3-5-15;15-13-8-11(6-7-12(13)14(16)17)18-9-10-4-2-1-3-5-10/h1-12,21H,13H2,(H,22,23);1-8,15H,9H2,(H,16,17). The first-order valence-electron chi connectivity index (χ1n) is 12.9. The van der Waals surface area contributed by atoms with Crippen LogP contribution in [0.1, 0.15) is 31.8 Å².